The van der Waals surface area contributed by atoms with Crippen molar-refractivity contribution in [2.45, 2.75) is 23.5 Å². The molecule has 0 saturated carbocycles. The van der Waals surface area contributed by atoms with Gasteiger partial charge in [-0.2, -0.15) is 8.78 Å². The Morgan fingerprint density at radius 2 is 2.12 bits per heavy atom. The summed E-state index contributed by atoms with van der Waals surface area (Å²) in [6.07, 6.45) is 1.93. The Bertz CT molecular complexity index is 393. The molecule has 5 heteroatoms. The highest BCUT2D eigenvalue weighted by molar-refractivity contribution is 7.99. The van der Waals surface area contributed by atoms with Crippen LogP contribution in [0.15, 0.2) is 34.2 Å². The van der Waals surface area contributed by atoms with Gasteiger partial charge in [-0.1, -0.05) is 23.9 Å². The van der Waals surface area contributed by atoms with Gasteiger partial charge < -0.3 is 5.32 Å². The molecule has 1 aliphatic heterocycles. The third-order valence-corrected chi connectivity index (χ3v) is 3.04. The van der Waals surface area contributed by atoms with E-state index in [0.29, 0.717) is 22.3 Å². The standard InChI is InChI=1S/C11H12F2N2S/c12-11(13)16-9-5-2-1-4-8(9)15-10-6-3-7-14-10/h1-2,4-5,11H,3,6-7H2,(H,14,15). The Labute approximate surface area is 97.1 Å². The molecule has 0 atom stereocenters. The van der Waals surface area contributed by atoms with Gasteiger partial charge in [-0.25, -0.2) is 0 Å². The average molecular weight is 242 g/mol. The van der Waals surface area contributed by atoms with Gasteiger partial charge in [0.25, 0.3) is 5.76 Å². The number of hydrogen-bond donors (Lipinski definition) is 1. The molecule has 1 aromatic carbocycles. The monoisotopic (exact) mass is 242 g/mol. The molecule has 16 heavy (non-hydrogen) atoms. The van der Waals surface area contributed by atoms with Crippen LogP contribution >= 0.6 is 11.8 Å². The summed E-state index contributed by atoms with van der Waals surface area (Å²) < 4.78 is 24.6. The molecular weight excluding hydrogens is 230 g/mol. The van der Waals surface area contributed by atoms with E-state index in [1.807, 2.05) is 6.07 Å². The van der Waals surface area contributed by atoms with E-state index in [0.717, 1.165) is 25.2 Å². The number of alkyl halides is 2. The van der Waals surface area contributed by atoms with Crippen molar-refractivity contribution in [2.75, 3.05) is 11.9 Å². The van der Waals surface area contributed by atoms with Crippen LogP contribution in [0.5, 0.6) is 0 Å². The molecule has 2 rings (SSSR count). The number of halogens is 2. The fraction of sp³-hybridized carbons (Fsp3) is 0.364. The first kappa shape index (κ1) is 11.4. The minimum atomic E-state index is -2.39. The summed E-state index contributed by atoms with van der Waals surface area (Å²) in [6.45, 7) is 0.826. The number of benzene rings is 1. The molecular formula is C11H12F2N2S. The third kappa shape index (κ3) is 2.95. The minimum absolute atomic E-state index is 0.558. The van der Waals surface area contributed by atoms with Gasteiger partial charge in [-0.3, -0.25) is 4.99 Å². The molecule has 0 aliphatic carbocycles. The van der Waals surface area contributed by atoms with Crippen LogP contribution in [0.4, 0.5) is 14.5 Å². The first-order chi connectivity index (χ1) is 7.75. The Hall–Kier alpha value is -1.10. The third-order valence-electron chi connectivity index (χ3n) is 2.26. The Morgan fingerprint density at radius 3 is 2.81 bits per heavy atom. The highest BCUT2D eigenvalue weighted by Crippen LogP contribution is 2.31. The maximum atomic E-state index is 12.3. The van der Waals surface area contributed by atoms with Crippen LogP contribution < -0.4 is 5.32 Å². The summed E-state index contributed by atoms with van der Waals surface area (Å²) in [4.78, 5) is 4.82. The summed E-state index contributed by atoms with van der Waals surface area (Å²) in [5.41, 5.74) is 0.716. The molecule has 1 N–H and O–H groups in total. The SMILES string of the molecule is FC(F)Sc1ccccc1NC1=NCCC1. The summed E-state index contributed by atoms with van der Waals surface area (Å²) in [5, 5.41) is 3.11. The van der Waals surface area contributed by atoms with Crippen molar-refractivity contribution in [3.05, 3.63) is 24.3 Å². The Morgan fingerprint density at radius 1 is 1.31 bits per heavy atom. The highest BCUT2D eigenvalue weighted by atomic mass is 32.2. The lowest BCUT2D eigenvalue weighted by atomic mass is 10.3. The molecule has 1 heterocycles. The van der Waals surface area contributed by atoms with Crippen LogP contribution in [0.1, 0.15) is 12.8 Å². The van der Waals surface area contributed by atoms with Crippen molar-refractivity contribution < 1.29 is 8.78 Å². The van der Waals surface area contributed by atoms with Crippen LogP contribution in [0.3, 0.4) is 0 Å². The number of amidine groups is 1. The molecule has 1 aliphatic rings. The van der Waals surface area contributed by atoms with E-state index in [4.69, 9.17) is 0 Å². The van der Waals surface area contributed by atoms with Crippen molar-refractivity contribution in [1.82, 2.24) is 0 Å². The summed E-state index contributed by atoms with van der Waals surface area (Å²) in [7, 11) is 0. The second-order valence-electron chi connectivity index (χ2n) is 3.43. The zero-order valence-corrected chi connectivity index (χ0v) is 9.44. The zero-order chi connectivity index (χ0) is 11.4. The number of thioether (sulfide) groups is 1. The quantitative estimate of drug-likeness (QED) is 0.819. The molecule has 2 nitrogen and oxygen atoms in total. The van der Waals surface area contributed by atoms with E-state index >= 15 is 0 Å². The van der Waals surface area contributed by atoms with Crippen LogP contribution in [-0.4, -0.2) is 18.1 Å². The second kappa shape index (κ2) is 5.30. The van der Waals surface area contributed by atoms with Gasteiger partial charge in [-0.05, 0) is 18.6 Å². The molecule has 0 unspecified atom stereocenters. The minimum Gasteiger partial charge on any atom is -0.343 e. The number of anilines is 1. The van der Waals surface area contributed by atoms with Crippen molar-refractivity contribution >= 4 is 23.3 Å². The number of nitrogens with one attached hydrogen (secondary N) is 1. The van der Waals surface area contributed by atoms with Crippen molar-refractivity contribution in [3.8, 4) is 0 Å². The molecule has 1 aromatic rings. The van der Waals surface area contributed by atoms with Crippen LogP contribution in [0.25, 0.3) is 0 Å². The van der Waals surface area contributed by atoms with Gasteiger partial charge in [-0.15, -0.1) is 0 Å². The maximum absolute atomic E-state index is 12.3. The van der Waals surface area contributed by atoms with E-state index in [-0.39, 0.29) is 0 Å². The molecule has 0 bridgehead atoms. The van der Waals surface area contributed by atoms with E-state index < -0.39 is 5.76 Å². The van der Waals surface area contributed by atoms with Crippen LogP contribution in [0.2, 0.25) is 0 Å². The maximum Gasteiger partial charge on any atom is 0.288 e. The molecule has 0 spiro atoms. The predicted molar refractivity (Wildman–Crippen MR) is 63.5 cm³/mol. The fourth-order valence-electron chi connectivity index (χ4n) is 1.57. The number of hydrogen-bond acceptors (Lipinski definition) is 3. The van der Waals surface area contributed by atoms with E-state index in [1.165, 1.54) is 0 Å². The first-order valence-corrected chi connectivity index (χ1v) is 5.98. The van der Waals surface area contributed by atoms with Crippen LogP contribution in [-0.2, 0) is 0 Å². The molecule has 0 radical (unpaired) electrons. The molecule has 0 aromatic heterocycles. The Balaban J connectivity index is 2.12. The van der Waals surface area contributed by atoms with Gasteiger partial charge in [0.15, 0.2) is 0 Å². The van der Waals surface area contributed by atoms with Gasteiger partial charge in [0, 0.05) is 17.9 Å². The van der Waals surface area contributed by atoms with Gasteiger partial charge >= 0.3 is 0 Å². The van der Waals surface area contributed by atoms with Crippen molar-refractivity contribution in [1.29, 1.82) is 0 Å². The number of rotatable bonds is 3. The zero-order valence-electron chi connectivity index (χ0n) is 8.62. The number of nitrogens with zero attached hydrogens (tertiary/aromatic N) is 1. The first-order valence-electron chi connectivity index (χ1n) is 5.10. The van der Waals surface area contributed by atoms with Gasteiger partial charge in [0.05, 0.1) is 5.69 Å². The summed E-state index contributed by atoms with van der Waals surface area (Å²) in [6, 6.07) is 7.07. The normalized spacial score (nSPS) is 15.3. The highest BCUT2D eigenvalue weighted by Gasteiger charge is 2.12. The number of para-hydroxylation sites is 1. The summed E-state index contributed by atoms with van der Waals surface area (Å²) >= 11 is 0.558. The Kier molecular flexibility index (Phi) is 3.77. The molecule has 0 fully saturated rings. The fourth-order valence-corrected chi connectivity index (χ4v) is 2.16. The summed E-state index contributed by atoms with van der Waals surface area (Å²) in [5.74, 6) is -1.50. The van der Waals surface area contributed by atoms with Crippen LogP contribution in [0, 0.1) is 0 Å². The van der Waals surface area contributed by atoms with Crippen molar-refractivity contribution in [2.24, 2.45) is 4.99 Å². The van der Waals surface area contributed by atoms with E-state index in [2.05, 4.69) is 10.3 Å². The lowest BCUT2D eigenvalue weighted by molar-refractivity contribution is 0.252. The second-order valence-corrected chi connectivity index (χ2v) is 4.46. The van der Waals surface area contributed by atoms with Gasteiger partial charge in [0.1, 0.15) is 5.84 Å². The number of aliphatic imine (C=N–C) groups is 1. The lowest BCUT2D eigenvalue weighted by Gasteiger charge is -2.10. The van der Waals surface area contributed by atoms with E-state index in [1.54, 1.807) is 18.2 Å². The average Bonchev–Trinajstić information content (AvgIpc) is 2.73. The van der Waals surface area contributed by atoms with Gasteiger partial charge in [0.2, 0.25) is 0 Å². The lowest BCUT2D eigenvalue weighted by Crippen LogP contribution is -2.09. The smallest absolute Gasteiger partial charge is 0.288 e. The molecule has 0 amide bonds. The molecule has 86 valence electrons. The molecule has 0 saturated heterocycles. The largest absolute Gasteiger partial charge is 0.343 e. The van der Waals surface area contributed by atoms with E-state index in [9.17, 15) is 8.78 Å². The van der Waals surface area contributed by atoms with Crippen molar-refractivity contribution in [3.63, 3.8) is 0 Å². The predicted octanol–water partition coefficient (Wildman–Crippen LogP) is 3.61. The topological polar surface area (TPSA) is 24.4 Å².